The van der Waals surface area contributed by atoms with E-state index >= 15 is 0 Å². The molecule has 6 atom stereocenters. The van der Waals surface area contributed by atoms with E-state index in [4.69, 9.17) is 9.47 Å². The molecule has 0 amide bonds. The molecule has 1 saturated heterocycles. The van der Waals surface area contributed by atoms with Gasteiger partial charge in [-0.3, -0.25) is 4.79 Å². The van der Waals surface area contributed by atoms with Crippen molar-refractivity contribution in [2.75, 3.05) is 13.2 Å². The maximum Gasteiger partial charge on any atom is 0.172 e. The third-order valence-electron chi connectivity index (χ3n) is 9.16. The van der Waals surface area contributed by atoms with Crippen molar-refractivity contribution in [1.29, 1.82) is 0 Å². The SMILES string of the molecule is C[C@H]1CC2(CC3=CC[C@@H]4[C@H](CC[C@]5(C)C(=O)CC[C@@H]45)[C@]31C)OCCO2. The Labute approximate surface area is 151 Å². The lowest BCUT2D eigenvalue weighted by Crippen LogP contribution is -2.55. The summed E-state index contributed by atoms with van der Waals surface area (Å²) in [6, 6.07) is 0. The highest BCUT2D eigenvalue weighted by Crippen LogP contribution is 2.66. The molecule has 0 aromatic heterocycles. The minimum Gasteiger partial charge on any atom is -0.347 e. The van der Waals surface area contributed by atoms with Crippen LogP contribution in [0.4, 0.5) is 0 Å². The fraction of sp³-hybridized carbons (Fsp3) is 0.864. The Morgan fingerprint density at radius 3 is 2.64 bits per heavy atom. The van der Waals surface area contributed by atoms with Crippen molar-refractivity contribution in [3.63, 3.8) is 0 Å². The van der Waals surface area contributed by atoms with Crippen molar-refractivity contribution in [2.24, 2.45) is 34.5 Å². The van der Waals surface area contributed by atoms with E-state index in [0.717, 1.165) is 57.7 Å². The fourth-order valence-electron chi connectivity index (χ4n) is 7.57. The smallest absolute Gasteiger partial charge is 0.172 e. The van der Waals surface area contributed by atoms with Crippen LogP contribution in [-0.4, -0.2) is 24.8 Å². The molecular weight excluding hydrogens is 312 g/mol. The molecule has 4 aliphatic carbocycles. The van der Waals surface area contributed by atoms with Crippen LogP contribution >= 0.6 is 0 Å². The van der Waals surface area contributed by atoms with E-state index < -0.39 is 0 Å². The van der Waals surface area contributed by atoms with Gasteiger partial charge in [0.2, 0.25) is 0 Å². The number of hydrogen-bond acceptors (Lipinski definition) is 3. The van der Waals surface area contributed by atoms with Crippen LogP contribution in [0, 0.1) is 34.5 Å². The van der Waals surface area contributed by atoms with E-state index in [1.165, 1.54) is 6.42 Å². The molecule has 0 N–H and O–H groups in total. The van der Waals surface area contributed by atoms with Gasteiger partial charge in [0, 0.05) is 24.7 Å². The molecular formula is C22H32O3. The summed E-state index contributed by atoms with van der Waals surface area (Å²) in [5.41, 5.74) is 1.82. The molecule has 3 saturated carbocycles. The summed E-state index contributed by atoms with van der Waals surface area (Å²) < 4.78 is 12.1. The van der Waals surface area contributed by atoms with Crippen LogP contribution in [0.5, 0.6) is 0 Å². The highest BCUT2D eigenvalue weighted by atomic mass is 16.7. The Morgan fingerprint density at radius 1 is 1.12 bits per heavy atom. The standard InChI is InChI=1S/C22H32O3/c1-14-12-22(24-10-11-25-22)13-15-4-5-16-17-6-7-19(23)20(17,2)9-8-18(16)21(14,15)3/h4,14,16-18H,5-13H2,1-3H3/t14-,16-,17-,18-,20-,21-/m0/s1. The van der Waals surface area contributed by atoms with Crippen molar-refractivity contribution in [3.8, 4) is 0 Å². The molecule has 25 heavy (non-hydrogen) atoms. The van der Waals surface area contributed by atoms with E-state index in [1.54, 1.807) is 5.57 Å². The molecule has 1 spiro atoms. The van der Waals surface area contributed by atoms with Crippen molar-refractivity contribution in [1.82, 2.24) is 0 Å². The Hall–Kier alpha value is -0.670. The number of hydrogen-bond donors (Lipinski definition) is 0. The first-order valence-corrected chi connectivity index (χ1v) is 10.4. The van der Waals surface area contributed by atoms with Crippen molar-refractivity contribution >= 4 is 5.78 Å². The number of allylic oxidation sites excluding steroid dienone is 1. The summed E-state index contributed by atoms with van der Waals surface area (Å²) in [5.74, 6) is 2.80. The molecule has 1 aliphatic heterocycles. The van der Waals surface area contributed by atoms with E-state index in [0.29, 0.717) is 23.5 Å². The maximum atomic E-state index is 12.6. The molecule has 1 heterocycles. The largest absolute Gasteiger partial charge is 0.347 e. The summed E-state index contributed by atoms with van der Waals surface area (Å²) in [6.07, 6.45) is 9.92. The fourth-order valence-corrected chi connectivity index (χ4v) is 7.57. The number of Topliss-reactive ketones (excluding diaryl/α,β-unsaturated/α-hetero) is 1. The van der Waals surface area contributed by atoms with Crippen LogP contribution in [0.2, 0.25) is 0 Å². The van der Waals surface area contributed by atoms with Gasteiger partial charge in [-0.2, -0.15) is 0 Å². The van der Waals surface area contributed by atoms with Crippen LogP contribution in [-0.2, 0) is 14.3 Å². The number of ether oxygens (including phenoxy) is 2. The average Bonchev–Trinajstić information content (AvgIpc) is 3.14. The summed E-state index contributed by atoms with van der Waals surface area (Å²) in [7, 11) is 0. The van der Waals surface area contributed by atoms with Gasteiger partial charge in [0.25, 0.3) is 0 Å². The van der Waals surface area contributed by atoms with E-state index in [2.05, 4.69) is 26.8 Å². The lowest BCUT2D eigenvalue weighted by atomic mass is 9.45. The zero-order chi connectivity index (χ0) is 17.4. The molecule has 5 rings (SSSR count). The molecule has 0 aromatic rings. The minimum atomic E-state index is -0.343. The average molecular weight is 344 g/mol. The maximum absolute atomic E-state index is 12.6. The van der Waals surface area contributed by atoms with E-state index in [-0.39, 0.29) is 16.6 Å². The lowest BCUT2D eigenvalue weighted by Gasteiger charge is -2.60. The zero-order valence-electron chi connectivity index (χ0n) is 16.0. The third kappa shape index (κ3) is 2.03. The van der Waals surface area contributed by atoms with Gasteiger partial charge in [-0.15, -0.1) is 0 Å². The normalized spacial score (nSPS) is 51.0. The second kappa shape index (κ2) is 5.19. The second-order valence-electron chi connectivity index (χ2n) is 9.93. The van der Waals surface area contributed by atoms with Gasteiger partial charge < -0.3 is 9.47 Å². The molecule has 3 nitrogen and oxygen atoms in total. The first kappa shape index (κ1) is 16.5. The zero-order valence-corrected chi connectivity index (χ0v) is 16.0. The summed E-state index contributed by atoms with van der Waals surface area (Å²) in [4.78, 5) is 12.6. The highest BCUT2D eigenvalue weighted by molar-refractivity contribution is 5.87. The molecule has 0 aromatic carbocycles. The van der Waals surface area contributed by atoms with Gasteiger partial charge in [-0.25, -0.2) is 0 Å². The number of fused-ring (bicyclic) bond motifs is 5. The number of rotatable bonds is 0. The number of carbonyl (C=O) groups excluding carboxylic acids is 1. The van der Waals surface area contributed by atoms with Gasteiger partial charge in [0.1, 0.15) is 5.78 Å². The monoisotopic (exact) mass is 344 g/mol. The summed E-state index contributed by atoms with van der Waals surface area (Å²) >= 11 is 0. The first-order chi connectivity index (χ1) is 11.9. The Morgan fingerprint density at radius 2 is 1.88 bits per heavy atom. The van der Waals surface area contributed by atoms with Crippen LogP contribution in [0.1, 0.15) is 65.7 Å². The Kier molecular flexibility index (Phi) is 3.43. The van der Waals surface area contributed by atoms with Gasteiger partial charge in [0.15, 0.2) is 5.79 Å². The van der Waals surface area contributed by atoms with Gasteiger partial charge in [0.05, 0.1) is 13.2 Å². The Balaban J connectivity index is 1.51. The second-order valence-corrected chi connectivity index (χ2v) is 9.93. The molecule has 4 fully saturated rings. The van der Waals surface area contributed by atoms with Crippen LogP contribution in [0.15, 0.2) is 11.6 Å². The third-order valence-corrected chi connectivity index (χ3v) is 9.16. The molecule has 3 heteroatoms. The van der Waals surface area contributed by atoms with Gasteiger partial charge >= 0.3 is 0 Å². The van der Waals surface area contributed by atoms with Crippen molar-refractivity contribution in [3.05, 3.63) is 11.6 Å². The van der Waals surface area contributed by atoms with E-state index in [9.17, 15) is 4.79 Å². The Bertz CT molecular complexity index is 631. The summed E-state index contributed by atoms with van der Waals surface area (Å²) in [5, 5.41) is 0. The van der Waals surface area contributed by atoms with Crippen LogP contribution < -0.4 is 0 Å². The van der Waals surface area contributed by atoms with Gasteiger partial charge in [-0.05, 0) is 54.8 Å². The minimum absolute atomic E-state index is 0.0281. The molecule has 0 unspecified atom stereocenters. The van der Waals surface area contributed by atoms with Gasteiger partial charge in [-0.1, -0.05) is 32.4 Å². The first-order valence-electron chi connectivity index (χ1n) is 10.4. The predicted octanol–water partition coefficient (Wildman–Crippen LogP) is 4.51. The molecule has 0 radical (unpaired) electrons. The van der Waals surface area contributed by atoms with Crippen molar-refractivity contribution < 1.29 is 14.3 Å². The topological polar surface area (TPSA) is 35.5 Å². The number of carbonyl (C=O) groups is 1. The lowest BCUT2D eigenvalue weighted by molar-refractivity contribution is -0.199. The number of ketones is 1. The van der Waals surface area contributed by atoms with Crippen LogP contribution in [0.3, 0.4) is 0 Å². The highest BCUT2D eigenvalue weighted by Gasteiger charge is 2.62. The molecule has 0 bridgehead atoms. The predicted molar refractivity (Wildman–Crippen MR) is 95.9 cm³/mol. The molecule has 5 aliphatic rings. The van der Waals surface area contributed by atoms with E-state index in [1.807, 2.05) is 0 Å². The van der Waals surface area contributed by atoms with Crippen LogP contribution in [0.25, 0.3) is 0 Å². The summed E-state index contributed by atoms with van der Waals surface area (Å²) in [6.45, 7) is 8.68. The van der Waals surface area contributed by atoms with Crippen molar-refractivity contribution in [2.45, 2.75) is 71.5 Å². The molecule has 138 valence electrons. The quantitative estimate of drug-likeness (QED) is 0.607.